The molecule has 3 aromatic rings. The fourth-order valence-corrected chi connectivity index (χ4v) is 5.54. The van der Waals surface area contributed by atoms with Crippen LogP contribution in [0.5, 0.6) is 0 Å². The van der Waals surface area contributed by atoms with Crippen LogP contribution in [-0.2, 0) is 0 Å². The highest BCUT2D eigenvalue weighted by molar-refractivity contribution is 7.99. The first-order valence-corrected chi connectivity index (χ1v) is 13.6. The van der Waals surface area contributed by atoms with Crippen LogP contribution < -0.4 is 16.0 Å². The first-order valence-electron chi connectivity index (χ1n) is 11.7. The third-order valence-corrected chi connectivity index (χ3v) is 7.66. The number of amides is 3. The first-order chi connectivity index (χ1) is 17.3. The van der Waals surface area contributed by atoms with Gasteiger partial charge in [-0.1, -0.05) is 35.3 Å². The Morgan fingerprint density at radius 2 is 1.58 bits per heavy atom. The molecule has 3 aromatic carbocycles. The number of carbonyl (C=O) groups excluding carboxylic acids is 2. The molecule has 0 atom stereocenters. The molecule has 1 saturated heterocycles. The Balaban J connectivity index is 1.72. The second-order valence-corrected chi connectivity index (χ2v) is 10.6. The predicted octanol–water partition coefficient (Wildman–Crippen LogP) is 6.16. The fraction of sp³-hybridized carbons (Fsp3) is 0.259. The van der Waals surface area contributed by atoms with Crippen molar-refractivity contribution >= 4 is 58.3 Å². The number of hydrogen-bond acceptors (Lipinski definition) is 4. The van der Waals surface area contributed by atoms with Crippen LogP contribution in [0.3, 0.4) is 0 Å². The number of rotatable bonds is 7. The van der Waals surface area contributed by atoms with Crippen LogP contribution in [0.4, 0.5) is 16.2 Å². The highest BCUT2D eigenvalue weighted by Crippen LogP contribution is 2.35. The molecule has 0 aromatic heterocycles. The van der Waals surface area contributed by atoms with E-state index in [-0.39, 0.29) is 6.03 Å². The normalized spacial score (nSPS) is 13.9. The van der Waals surface area contributed by atoms with Gasteiger partial charge in [0.05, 0.1) is 0 Å². The number of carbonyl (C=O) groups is 2. The van der Waals surface area contributed by atoms with Gasteiger partial charge in [-0.25, -0.2) is 4.79 Å². The average molecular weight is 544 g/mol. The first kappa shape index (κ1) is 26.4. The van der Waals surface area contributed by atoms with E-state index < -0.39 is 5.91 Å². The SMILES string of the molecule is Cc1c(N(CCN2CCSCC2)C(=O)Nc2ccc(Cl)cc2)ccc(C(N)=O)c1-c1ccc(Cl)cc1. The molecule has 4 rings (SSSR count). The van der Waals surface area contributed by atoms with Crippen LogP contribution in [0, 0.1) is 6.92 Å². The number of benzene rings is 3. The smallest absolute Gasteiger partial charge is 0.326 e. The summed E-state index contributed by atoms with van der Waals surface area (Å²) in [6.07, 6.45) is 0. The van der Waals surface area contributed by atoms with E-state index in [0.29, 0.717) is 39.1 Å². The molecular formula is C27H28Cl2N4O2S. The van der Waals surface area contributed by atoms with Crippen molar-refractivity contribution in [1.82, 2.24) is 4.90 Å². The molecule has 1 aliphatic rings. The monoisotopic (exact) mass is 542 g/mol. The topological polar surface area (TPSA) is 78.7 Å². The zero-order chi connectivity index (χ0) is 25.7. The van der Waals surface area contributed by atoms with Crippen LogP contribution in [0.2, 0.25) is 10.0 Å². The van der Waals surface area contributed by atoms with Gasteiger partial charge in [0.25, 0.3) is 0 Å². The van der Waals surface area contributed by atoms with Crippen LogP contribution >= 0.6 is 35.0 Å². The lowest BCUT2D eigenvalue weighted by atomic mass is 9.93. The summed E-state index contributed by atoms with van der Waals surface area (Å²) in [6, 6.07) is 17.5. The molecule has 1 heterocycles. The van der Waals surface area contributed by atoms with E-state index in [1.807, 2.05) is 30.8 Å². The minimum atomic E-state index is -0.530. The Kier molecular flexibility index (Phi) is 8.80. The number of hydrogen-bond donors (Lipinski definition) is 2. The number of nitrogens with one attached hydrogen (secondary N) is 1. The van der Waals surface area contributed by atoms with Gasteiger partial charge < -0.3 is 11.1 Å². The van der Waals surface area contributed by atoms with Crippen LogP contribution in [0.25, 0.3) is 11.1 Å². The molecule has 36 heavy (non-hydrogen) atoms. The number of urea groups is 1. The second-order valence-electron chi connectivity index (χ2n) is 8.55. The minimum absolute atomic E-state index is 0.263. The fourth-order valence-electron chi connectivity index (χ4n) is 4.31. The number of primary amides is 1. The Morgan fingerprint density at radius 1 is 0.972 bits per heavy atom. The van der Waals surface area contributed by atoms with Crippen molar-refractivity contribution in [2.75, 3.05) is 47.9 Å². The maximum Gasteiger partial charge on any atom is 0.326 e. The molecule has 3 amide bonds. The summed E-state index contributed by atoms with van der Waals surface area (Å²) in [5.74, 6) is 1.64. The number of nitrogens with two attached hydrogens (primary N) is 1. The van der Waals surface area contributed by atoms with Gasteiger partial charge in [0.15, 0.2) is 0 Å². The van der Waals surface area contributed by atoms with E-state index in [9.17, 15) is 9.59 Å². The van der Waals surface area contributed by atoms with Crippen molar-refractivity contribution in [1.29, 1.82) is 0 Å². The highest BCUT2D eigenvalue weighted by atomic mass is 35.5. The second kappa shape index (κ2) is 12.0. The van der Waals surface area contributed by atoms with Crippen molar-refractivity contribution in [3.63, 3.8) is 0 Å². The van der Waals surface area contributed by atoms with Gasteiger partial charge in [-0.15, -0.1) is 0 Å². The molecule has 1 aliphatic heterocycles. The minimum Gasteiger partial charge on any atom is -0.366 e. The largest absolute Gasteiger partial charge is 0.366 e. The Morgan fingerprint density at radius 3 is 2.19 bits per heavy atom. The summed E-state index contributed by atoms with van der Waals surface area (Å²) in [5.41, 5.74) is 9.76. The molecule has 9 heteroatoms. The van der Waals surface area contributed by atoms with E-state index in [0.717, 1.165) is 42.3 Å². The summed E-state index contributed by atoms with van der Waals surface area (Å²) in [5, 5.41) is 4.17. The van der Waals surface area contributed by atoms with E-state index >= 15 is 0 Å². The van der Waals surface area contributed by atoms with E-state index in [4.69, 9.17) is 28.9 Å². The summed E-state index contributed by atoms with van der Waals surface area (Å²) >= 11 is 14.1. The molecule has 0 unspecified atom stereocenters. The van der Waals surface area contributed by atoms with Gasteiger partial charge in [-0.05, 0) is 72.1 Å². The zero-order valence-corrected chi connectivity index (χ0v) is 22.3. The van der Waals surface area contributed by atoms with Gasteiger partial charge in [0.1, 0.15) is 0 Å². The van der Waals surface area contributed by atoms with Crippen molar-refractivity contribution in [3.05, 3.63) is 81.8 Å². The molecule has 6 nitrogen and oxygen atoms in total. The molecule has 3 N–H and O–H groups in total. The summed E-state index contributed by atoms with van der Waals surface area (Å²) in [6.45, 7) is 5.12. The van der Waals surface area contributed by atoms with Gasteiger partial charge in [-0.3, -0.25) is 14.6 Å². The van der Waals surface area contributed by atoms with E-state index in [2.05, 4.69) is 10.2 Å². The molecule has 0 spiro atoms. The van der Waals surface area contributed by atoms with Crippen LogP contribution in [0.1, 0.15) is 15.9 Å². The summed E-state index contributed by atoms with van der Waals surface area (Å²) in [4.78, 5) is 30.0. The molecule has 0 saturated carbocycles. The van der Waals surface area contributed by atoms with E-state index in [1.165, 1.54) is 0 Å². The van der Waals surface area contributed by atoms with E-state index in [1.54, 1.807) is 53.4 Å². The predicted molar refractivity (Wildman–Crippen MR) is 152 cm³/mol. The lowest BCUT2D eigenvalue weighted by Gasteiger charge is -2.31. The number of halogens is 2. The molecule has 0 aliphatic carbocycles. The molecule has 188 valence electrons. The maximum atomic E-state index is 13.6. The average Bonchev–Trinajstić information content (AvgIpc) is 2.87. The van der Waals surface area contributed by atoms with Gasteiger partial charge in [0.2, 0.25) is 5.91 Å². The van der Waals surface area contributed by atoms with Crippen molar-refractivity contribution in [2.24, 2.45) is 5.73 Å². The summed E-state index contributed by atoms with van der Waals surface area (Å²) < 4.78 is 0. The Hall–Kier alpha value is -2.71. The van der Waals surface area contributed by atoms with Crippen molar-refractivity contribution in [2.45, 2.75) is 6.92 Å². The van der Waals surface area contributed by atoms with Crippen LogP contribution in [0.15, 0.2) is 60.7 Å². The lowest BCUT2D eigenvalue weighted by molar-refractivity contribution is 0.100. The number of anilines is 2. The summed E-state index contributed by atoms with van der Waals surface area (Å²) in [7, 11) is 0. The van der Waals surface area contributed by atoms with Gasteiger partial charge in [-0.2, -0.15) is 11.8 Å². The van der Waals surface area contributed by atoms with Crippen molar-refractivity contribution in [3.8, 4) is 11.1 Å². The molecule has 1 fully saturated rings. The molecule has 0 bridgehead atoms. The standard InChI is InChI=1S/C27H28Cl2N4O2S/c1-18-24(11-10-23(26(30)34)25(18)19-2-4-20(28)5-3-19)33(13-12-32-14-16-36-17-15-32)27(35)31-22-8-6-21(29)7-9-22/h2-11H,12-17H2,1H3,(H2,30,34)(H,31,35). The van der Waals surface area contributed by atoms with Gasteiger partial charge in [0, 0.05) is 64.7 Å². The number of nitrogens with zero attached hydrogens (tertiary/aromatic N) is 2. The molecule has 0 radical (unpaired) electrons. The van der Waals surface area contributed by atoms with Crippen molar-refractivity contribution < 1.29 is 9.59 Å². The third kappa shape index (κ3) is 6.34. The van der Waals surface area contributed by atoms with Gasteiger partial charge >= 0.3 is 6.03 Å². The Bertz CT molecular complexity index is 1230. The highest BCUT2D eigenvalue weighted by Gasteiger charge is 2.24. The number of thioether (sulfide) groups is 1. The quantitative estimate of drug-likeness (QED) is 0.375. The zero-order valence-electron chi connectivity index (χ0n) is 20.0. The maximum absolute atomic E-state index is 13.6. The third-order valence-electron chi connectivity index (χ3n) is 6.21. The van der Waals surface area contributed by atoms with Crippen LogP contribution in [-0.4, -0.2) is 54.5 Å². The Labute approximate surface area is 225 Å². The molecular weight excluding hydrogens is 515 g/mol. The lowest BCUT2D eigenvalue weighted by Crippen LogP contribution is -2.43.